The zero-order chi connectivity index (χ0) is 22.5. The van der Waals surface area contributed by atoms with E-state index in [0.717, 1.165) is 0 Å². The largest absolute Gasteiger partial charge is 0.493 e. The van der Waals surface area contributed by atoms with Crippen molar-refractivity contribution in [2.45, 2.75) is 0 Å². The van der Waals surface area contributed by atoms with Crippen LogP contribution in [-0.4, -0.2) is 47.8 Å². The summed E-state index contributed by atoms with van der Waals surface area (Å²) in [5.74, 6) is -0.448. The van der Waals surface area contributed by atoms with Gasteiger partial charge in [0.1, 0.15) is 6.61 Å². The molecule has 1 heterocycles. The van der Waals surface area contributed by atoms with Crippen molar-refractivity contribution < 1.29 is 24.2 Å². The number of benzene rings is 2. The van der Waals surface area contributed by atoms with Crippen molar-refractivity contribution in [1.29, 1.82) is 0 Å². The molecule has 9 heteroatoms. The summed E-state index contributed by atoms with van der Waals surface area (Å²) in [7, 11) is 3.11. The average molecular weight is 459 g/mol. The molecule has 2 aromatic rings. The van der Waals surface area contributed by atoms with Crippen LogP contribution >= 0.6 is 23.4 Å². The van der Waals surface area contributed by atoms with Crippen molar-refractivity contribution in [3.8, 4) is 11.5 Å². The second-order valence-electron chi connectivity index (χ2n) is 6.36. The molecule has 1 N–H and O–H groups in total. The molecule has 0 spiro atoms. The Morgan fingerprint density at radius 1 is 1.35 bits per heavy atom. The van der Waals surface area contributed by atoms with Gasteiger partial charge in [-0.25, -0.2) is 9.79 Å². The van der Waals surface area contributed by atoms with Crippen molar-refractivity contribution in [2.24, 2.45) is 4.99 Å². The van der Waals surface area contributed by atoms with Crippen molar-refractivity contribution in [3.05, 3.63) is 70.1 Å². The van der Waals surface area contributed by atoms with Gasteiger partial charge < -0.3 is 14.6 Å². The van der Waals surface area contributed by atoms with E-state index < -0.39 is 5.97 Å². The summed E-state index contributed by atoms with van der Waals surface area (Å²) in [5, 5.41) is 9.92. The van der Waals surface area contributed by atoms with E-state index in [1.165, 1.54) is 35.9 Å². The van der Waals surface area contributed by atoms with Gasteiger partial charge in [0.15, 0.2) is 16.7 Å². The molecule has 1 fully saturated rings. The van der Waals surface area contributed by atoms with Crippen molar-refractivity contribution in [3.63, 3.8) is 0 Å². The van der Waals surface area contributed by atoms with Crippen molar-refractivity contribution in [2.75, 3.05) is 20.8 Å². The number of hydrogen-bond donors (Lipinski definition) is 1. The number of halogens is 1. The number of methoxy groups -OCH3 is 1. The van der Waals surface area contributed by atoms with Crippen LogP contribution in [0.25, 0.3) is 6.08 Å². The van der Waals surface area contributed by atoms with Gasteiger partial charge in [-0.15, -0.1) is 0 Å². The lowest BCUT2D eigenvalue weighted by Crippen LogP contribution is -2.23. The smallest absolute Gasteiger partial charge is 0.335 e. The summed E-state index contributed by atoms with van der Waals surface area (Å²) in [6, 6.07) is 9.60. The van der Waals surface area contributed by atoms with Gasteiger partial charge >= 0.3 is 5.97 Å². The lowest BCUT2D eigenvalue weighted by molar-refractivity contribution is -0.121. The molecule has 0 saturated carbocycles. The van der Waals surface area contributed by atoms with E-state index in [4.69, 9.17) is 26.2 Å². The number of aliphatic imine (C=N–C) groups is 1. The first-order chi connectivity index (χ1) is 14.8. The van der Waals surface area contributed by atoms with E-state index in [-0.39, 0.29) is 18.1 Å². The topological polar surface area (TPSA) is 88.4 Å². The average Bonchev–Trinajstić information content (AvgIpc) is 3.00. The highest BCUT2D eigenvalue weighted by Crippen LogP contribution is 2.39. The number of amides is 1. The molecule has 0 aliphatic carbocycles. The molecule has 1 aliphatic rings. The summed E-state index contributed by atoms with van der Waals surface area (Å²) < 4.78 is 10.9. The minimum atomic E-state index is -1.04. The van der Waals surface area contributed by atoms with Crippen LogP contribution in [0.15, 0.2) is 59.0 Å². The molecule has 7 nitrogen and oxygen atoms in total. The SMILES string of the molecule is C=CCOc1c(Cl)cc(C=C2SC(=Nc3cccc(C(=O)O)c3)N(C)C2=O)cc1OC. The number of thioether (sulfide) groups is 1. The Bertz CT molecular complexity index is 1110. The maximum absolute atomic E-state index is 12.7. The monoisotopic (exact) mass is 458 g/mol. The second kappa shape index (κ2) is 9.72. The standard InChI is InChI=1S/C22H19ClN2O5S/c1-4-8-30-19-16(23)9-13(10-17(19)29-3)11-18-20(26)25(2)22(31-18)24-15-7-5-6-14(12-15)21(27)28/h4-7,9-12H,1,8H2,2-3H3,(H,27,28). The van der Waals surface area contributed by atoms with Gasteiger partial charge in [-0.2, -0.15) is 0 Å². The van der Waals surface area contributed by atoms with Gasteiger partial charge in [0.25, 0.3) is 5.91 Å². The highest BCUT2D eigenvalue weighted by atomic mass is 35.5. The molecule has 1 amide bonds. The number of carbonyl (C=O) groups excluding carboxylic acids is 1. The molecule has 0 radical (unpaired) electrons. The minimum Gasteiger partial charge on any atom is -0.493 e. The predicted molar refractivity (Wildman–Crippen MR) is 123 cm³/mol. The van der Waals surface area contributed by atoms with E-state index in [9.17, 15) is 9.59 Å². The molecule has 0 bridgehead atoms. The zero-order valence-electron chi connectivity index (χ0n) is 16.8. The number of ether oxygens (including phenoxy) is 2. The Labute approximate surface area is 188 Å². The predicted octanol–water partition coefficient (Wildman–Crippen LogP) is 4.85. The van der Waals surface area contributed by atoms with E-state index in [1.807, 2.05) is 0 Å². The molecule has 1 saturated heterocycles. The van der Waals surface area contributed by atoms with Crippen LogP contribution in [0.4, 0.5) is 5.69 Å². The Balaban J connectivity index is 1.91. The molecular weight excluding hydrogens is 440 g/mol. The normalized spacial score (nSPS) is 16.1. The number of carboxylic acid groups (broad SMARTS) is 1. The molecule has 0 atom stereocenters. The Kier molecular flexibility index (Phi) is 7.04. The fraction of sp³-hybridized carbons (Fsp3) is 0.136. The third kappa shape index (κ3) is 5.10. The summed E-state index contributed by atoms with van der Waals surface area (Å²) in [4.78, 5) is 30.1. The van der Waals surface area contributed by atoms with Gasteiger partial charge in [0, 0.05) is 7.05 Å². The summed E-state index contributed by atoms with van der Waals surface area (Å²) in [5.41, 5.74) is 1.22. The number of hydrogen-bond acceptors (Lipinski definition) is 6. The number of nitrogens with zero attached hydrogens (tertiary/aromatic N) is 2. The van der Waals surface area contributed by atoms with Crippen molar-refractivity contribution in [1.82, 2.24) is 4.90 Å². The van der Waals surface area contributed by atoms with Crippen LogP contribution in [0.1, 0.15) is 15.9 Å². The number of rotatable bonds is 7. The second-order valence-corrected chi connectivity index (χ2v) is 7.77. The molecule has 31 heavy (non-hydrogen) atoms. The fourth-order valence-electron chi connectivity index (χ4n) is 2.73. The van der Waals surface area contributed by atoms with E-state index in [2.05, 4.69) is 11.6 Å². The van der Waals surface area contributed by atoms with Crippen LogP contribution in [0.2, 0.25) is 5.02 Å². The van der Waals surface area contributed by atoms with Gasteiger partial charge in [-0.1, -0.05) is 30.3 Å². The highest BCUT2D eigenvalue weighted by Gasteiger charge is 2.30. The highest BCUT2D eigenvalue weighted by molar-refractivity contribution is 8.18. The maximum Gasteiger partial charge on any atom is 0.335 e. The Morgan fingerprint density at radius 3 is 2.81 bits per heavy atom. The van der Waals surface area contributed by atoms with Crippen LogP contribution in [0.3, 0.4) is 0 Å². The lowest BCUT2D eigenvalue weighted by Gasteiger charge is -2.12. The molecule has 3 rings (SSSR count). The Morgan fingerprint density at radius 2 is 2.13 bits per heavy atom. The van der Waals surface area contributed by atoms with Crippen molar-refractivity contribution >= 4 is 52.2 Å². The molecular formula is C22H19ClN2O5S. The molecule has 0 aromatic heterocycles. The van der Waals surface area contributed by atoms with Gasteiger partial charge in [-0.3, -0.25) is 9.69 Å². The first kappa shape index (κ1) is 22.5. The quantitative estimate of drug-likeness (QED) is 0.471. The summed E-state index contributed by atoms with van der Waals surface area (Å²) >= 11 is 7.51. The van der Waals surface area contributed by atoms with Gasteiger partial charge in [0.2, 0.25) is 0 Å². The fourth-order valence-corrected chi connectivity index (χ4v) is 3.99. The zero-order valence-corrected chi connectivity index (χ0v) is 18.4. The molecule has 160 valence electrons. The number of carbonyl (C=O) groups is 2. The van der Waals surface area contributed by atoms with Gasteiger partial charge in [-0.05, 0) is 53.7 Å². The number of likely N-dealkylation sites (N-methyl/N-ethyl adjacent to an activating group) is 1. The van der Waals surface area contributed by atoms with E-state index >= 15 is 0 Å². The maximum atomic E-state index is 12.7. The first-order valence-electron chi connectivity index (χ1n) is 9.05. The Hall–Kier alpha value is -3.23. The van der Waals surface area contributed by atoms with Crippen LogP contribution in [0, 0.1) is 0 Å². The van der Waals surface area contributed by atoms with Crippen LogP contribution in [-0.2, 0) is 4.79 Å². The molecule has 0 unspecified atom stereocenters. The number of carboxylic acids is 1. The van der Waals surface area contributed by atoms with Gasteiger partial charge in [0.05, 0.1) is 28.3 Å². The minimum absolute atomic E-state index is 0.120. The van der Waals surface area contributed by atoms with E-state index in [0.29, 0.717) is 37.8 Å². The van der Waals surface area contributed by atoms with E-state index in [1.54, 1.807) is 43.5 Å². The number of aromatic carboxylic acids is 1. The molecule has 2 aromatic carbocycles. The molecule has 1 aliphatic heterocycles. The van der Waals surface area contributed by atoms with Crippen LogP contribution in [0.5, 0.6) is 11.5 Å². The summed E-state index contributed by atoms with van der Waals surface area (Å²) in [6.07, 6.45) is 3.29. The third-order valence-corrected chi connectivity index (χ3v) is 5.56. The number of amidine groups is 1. The first-order valence-corrected chi connectivity index (χ1v) is 10.2. The summed E-state index contributed by atoms with van der Waals surface area (Å²) in [6.45, 7) is 3.89. The lowest BCUT2D eigenvalue weighted by atomic mass is 10.2. The third-order valence-electron chi connectivity index (χ3n) is 4.22. The van der Waals surface area contributed by atoms with Crippen LogP contribution < -0.4 is 9.47 Å².